The van der Waals surface area contributed by atoms with Crippen molar-refractivity contribution in [3.8, 4) is 0 Å². The molecular formula is C19H19BrCl2N4O2. The quantitative estimate of drug-likeness (QED) is 0.656. The van der Waals surface area contributed by atoms with Crippen LogP contribution in [0.2, 0.25) is 10.0 Å². The second kappa shape index (κ2) is 9.69. The van der Waals surface area contributed by atoms with Gasteiger partial charge in [-0.3, -0.25) is 14.5 Å². The Morgan fingerprint density at radius 1 is 1.18 bits per heavy atom. The first-order valence-corrected chi connectivity index (χ1v) is 10.4. The Bertz CT molecular complexity index is 843. The molecule has 1 aliphatic heterocycles. The standard InChI is InChI=1S/C19H19BrCl2N4O2/c20-13-6-7-16(23-9-13)24-19(28)12-3-2-8-26(10-12)11-17(27)25-18-14(21)4-1-5-15(18)22/h1,4-7,9,12H,2-3,8,10-11H2,(H,25,27)(H,23,24,28). The number of halogens is 3. The van der Waals surface area contributed by atoms with Crippen LogP contribution in [0.5, 0.6) is 0 Å². The number of nitrogens with one attached hydrogen (secondary N) is 2. The van der Waals surface area contributed by atoms with Crippen LogP contribution >= 0.6 is 39.1 Å². The minimum Gasteiger partial charge on any atom is -0.322 e. The molecule has 148 valence electrons. The maximum atomic E-state index is 12.5. The predicted molar refractivity (Wildman–Crippen MR) is 115 cm³/mol. The minimum absolute atomic E-state index is 0.0888. The SMILES string of the molecule is O=C(CN1CCCC(C(=O)Nc2ccc(Br)cn2)C1)Nc1c(Cl)cccc1Cl. The number of piperidine rings is 1. The van der Waals surface area contributed by atoms with Gasteiger partial charge in [-0.05, 0) is 59.6 Å². The molecule has 1 atom stereocenters. The van der Waals surface area contributed by atoms with E-state index in [9.17, 15) is 9.59 Å². The van der Waals surface area contributed by atoms with Crippen molar-refractivity contribution in [1.82, 2.24) is 9.88 Å². The highest BCUT2D eigenvalue weighted by Crippen LogP contribution is 2.29. The summed E-state index contributed by atoms with van der Waals surface area (Å²) in [7, 11) is 0. The zero-order valence-electron chi connectivity index (χ0n) is 14.9. The van der Waals surface area contributed by atoms with Crippen LogP contribution in [-0.4, -0.2) is 41.3 Å². The van der Waals surface area contributed by atoms with Gasteiger partial charge in [0.25, 0.3) is 0 Å². The summed E-state index contributed by atoms with van der Waals surface area (Å²) in [6.07, 6.45) is 3.25. The number of rotatable bonds is 5. The zero-order chi connectivity index (χ0) is 20.1. The number of anilines is 2. The molecule has 0 spiro atoms. The highest BCUT2D eigenvalue weighted by molar-refractivity contribution is 9.10. The number of carbonyl (C=O) groups is 2. The van der Waals surface area contributed by atoms with Gasteiger partial charge in [0, 0.05) is 17.2 Å². The smallest absolute Gasteiger partial charge is 0.238 e. The van der Waals surface area contributed by atoms with Crippen molar-refractivity contribution in [2.75, 3.05) is 30.3 Å². The molecule has 0 aliphatic carbocycles. The first-order chi connectivity index (χ1) is 13.4. The summed E-state index contributed by atoms with van der Waals surface area (Å²) in [5.74, 6) is 0.00652. The molecule has 1 aromatic carbocycles. The van der Waals surface area contributed by atoms with E-state index >= 15 is 0 Å². The van der Waals surface area contributed by atoms with Gasteiger partial charge in [0.1, 0.15) is 5.82 Å². The van der Waals surface area contributed by atoms with Crippen molar-refractivity contribution >= 4 is 62.5 Å². The van der Waals surface area contributed by atoms with Gasteiger partial charge in [-0.1, -0.05) is 29.3 Å². The number of hydrogen-bond donors (Lipinski definition) is 2. The highest BCUT2D eigenvalue weighted by Gasteiger charge is 2.27. The minimum atomic E-state index is -0.217. The molecule has 2 aromatic rings. The van der Waals surface area contributed by atoms with E-state index in [2.05, 4.69) is 31.5 Å². The van der Waals surface area contributed by atoms with E-state index in [-0.39, 0.29) is 24.3 Å². The van der Waals surface area contributed by atoms with Gasteiger partial charge in [0.15, 0.2) is 0 Å². The summed E-state index contributed by atoms with van der Waals surface area (Å²) < 4.78 is 0.846. The predicted octanol–water partition coefficient (Wildman–Crippen LogP) is 4.44. The van der Waals surface area contributed by atoms with Crippen LogP contribution in [-0.2, 0) is 9.59 Å². The number of para-hydroxylation sites is 1. The van der Waals surface area contributed by atoms with Crippen molar-refractivity contribution in [3.05, 3.63) is 51.0 Å². The summed E-state index contributed by atoms with van der Waals surface area (Å²) in [6.45, 7) is 1.43. The van der Waals surface area contributed by atoms with E-state index in [1.54, 1.807) is 30.5 Å². The second-order valence-electron chi connectivity index (χ2n) is 6.57. The van der Waals surface area contributed by atoms with E-state index in [0.29, 0.717) is 28.1 Å². The lowest BCUT2D eigenvalue weighted by Gasteiger charge is -2.31. The average Bonchev–Trinajstić information content (AvgIpc) is 2.67. The average molecular weight is 486 g/mol. The number of benzene rings is 1. The fourth-order valence-corrected chi connectivity index (χ4v) is 3.82. The summed E-state index contributed by atoms with van der Waals surface area (Å²) in [5.41, 5.74) is 0.406. The number of nitrogens with zero attached hydrogens (tertiary/aromatic N) is 2. The van der Waals surface area contributed by atoms with E-state index in [0.717, 1.165) is 23.9 Å². The van der Waals surface area contributed by atoms with Crippen molar-refractivity contribution in [1.29, 1.82) is 0 Å². The maximum Gasteiger partial charge on any atom is 0.238 e. The monoisotopic (exact) mass is 484 g/mol. The highest BCUT2D eigenvalue weighted by atomic mass is 79.9. The first-order valence-electron chi connectivity index (χ1n) is 8.81. The third kappa shape index (κ3) is 5.67. The molecule has 6 nitrogen and oxygen atoms in total. The third-order valence-corrected chi connectivity index (χ3v) is 5.55. The molecule has 1 aliphatic rings. The summed E-state index contributed by atoms with van der Waals surface area (Å²) >= 11 is 15.5. The molecule has 0 saturated carbocycles. The normalized spacial score (nSPS) is 17.2. The molecule has 2 amide bonds. The summed E-state index contributed by atoms with van der Waals surface area (Å²) in [4.78, 5) is 31.1. The zero-order valence-corrected chi connectivity index (χ0v) is 18.0. The van der Waals surface area contributed by atoms with Crippen molar-refractivity contribution in [3.63, 3.8) is 0 Å². The topological polar surface area (TPSA) is 74.3 Å². The molecule has 1 aromatic heterocycles. The number of pyridine rings is 1. The van der Waals surface area contributed by atoms with Gasteiger partial charge in [-0.25, -0.2) is 4.98 Å². The second-order valence-corrected chi connectivity index (χ2v) is 8.30. The Labute approximate surface area is 181 Å². The molecule has 0 bridgehead atoms. The fourth-order valence-electron chi connectivity index (χ4n) is 3.09. The van der Waals surface area contributed by atoms with Crippen LogP contribution in [0.4, 0.5) is 11.5 Å². The Morgan fingerprint density at radius 2 is 1.93 bits per heavy atom. The van der Waals surface area contributed by atoms with Crippen LogP contribution in [0.3, 0.4) is 0 Å². The largest absolute Gasteiger partial charge is 0.322 e. The number of carbonyl (C=O) groups excluding carboxylic acids is 2. The van der Waals surface area contributed by atoms with Gasteiger partial charge in [0.2, 0.25) is 11.8 Å². The third-order valence-electron chi connectivity index (χ3n) is 4.45. The number of aromatic nitrogens is 1. The lowest BCUT2D eigenvalue weighted by molar-refractivity contribution is -0.123. The van der Waals surface area contributed by atoms with Gasteiger partial charge in [0.05, 0.1) is 28.2 Å². The molecule has 2 heterocycles. The molecule has 0 radical (unpaired) electrons. The molecule has 3 rings (SSSR count). The first kappa shape index (κ1) is 21.0. The van der Waals surface area contributed by atoms with Crippen molar-refractivity contribution < 1.29 is 9.59 Å². The Kier molecular flexibility index (Phi) is 7.29. The van der Waals surface area contributed by atoms with Gasteiger partial charge < -0.3 is 10.6 Å². The molecular weight excluding hydrogens is 467 g/mol. The number of likely N-dealkylation sites (tertiary alicyclic amines) is 1. The fraction of sp³-hybridized carbons (Fsp3) is 0.316. The molecule has 1 unspecified atom stereocenters. The lowest BCUT2D eigenvalue weighted by atomic mass is 9.97. The number of hydrogen-bond acceptors (Lipinski definition) is 4. The van der Waals surface area contributed by atoms with Crippen LogP contribution < -0.4 is 10.6 Å². The Balaban J connectivity index is 1.55. The maximum absolute atomic E-state index is 12.5. The summed E-state index contributed by atoms with van der Waals surface area (Å²) in [5, 5.41) is 6.37. The number of amides is 2. The molecule has 2 N–H and O–H groups in total. The summed E-state index contributed by atoms with van der Waals surface area (Å²) in [6, 6.07) is 8.61. The van der Waals surface area contributed by atoms with Crippen molar-refractivity contribution in [2.45, 2.75) is 12.8 Å². The Morgan fingerprint density at radius 3 is 2.61 bits per heavy atom. The van der Waals surface area contributed by atoms with E-state index in [4.69, 9.17) is 23.2 Å². The van der Waals surface area contributed by atoms with Crippen LogP contribution in [0.1, 0.15) is 12.8 Å². The van der Waals surface area contributed by atoms with Gasteiger partial charge >= 0.3 is 0 Å². The van der Waals surface area contributed by atoms with E-state index in [1.165, 1.54) is 0 Å². The van der Waals surface area contributed by atoms with Crippen LogP contribution in [0, 0.1) is 5.92 Å². The molecule has 28 heavy (non-hydrogen) atoms. The van der Waals surface area contributed by atoms with Crippen molar-refractivity contribution in [2.24, 2.45) is 5.92 Å². The molecule has 1 saturated heterocycles. The van der Waals surface area contributed by atoms with E-state index < -0.39 is 0 Å². The van der Waals surface area contributed by atoms with Gasteiger partial charge in [-0.15, -0.1) is 0 Å². The van der Waals surface area contributed by atoms with Gasteiger partial charge in [-0.2, -0.15) is 0 Å². The molecule has 1 fully saturated rings. The van der Waals surface area contributed by atoms with E-state index in [1.807, 2.05) is 11.0 Å². The van der Waals surface area contributed by atoms with Crippen LogP contribution in [0.15, 0.2) is 41.0 Å². The van der Waals surface area contributed by atoms with Crippen LogP contribution in [0.25, 0.3) is 0 Å². The molecule has 9 heteroatoms. The lowest BCUT2D eigenvalue weighted by Crippen LogP contribution is -2.44. The Hall–Kier alpha value is -1.67.